The van der Waals surface area contributed by atoms with E-state index in [0.717, 1.165) is 9.13 Å². The van der Waals surface area contributed by atoms with Crippen molar-refractivity contribution in [2.45, 2.75) is 52.2 Å². The van der Waals surface area contributed by atoms with E-state index in [1.807, 2.05) is 42.5 Å². The Morgan fingerprint density at radius 3 is 2.09 bits per heavy atom. The summed E-state index contributed by atoms with van der Waals surface area (Å²) in [7, 11) is 1.27. The molecular formula is C26H32IN3O5. The topological polar surface area (TPSA) is 114 Å². The van der Waals surface area contributed by atoms with Gasteiger partial charge in [-0.1, -0.05) is 30.3 Å². The molecule has 9 heteroatoms. The number of hydrogen-bond donors (Lipinski definition) is 3. The monoisotopic (exact) mass is 593 g/mol. The molecule has 188 valence electrons. The van der Waals surface area contributed by atoms with E-state index in [1.165, 1.54) is 7.11 Å². The van der Waals surface area contributed by atoms with Crippen molar-refractivity contribution in [3.05, 3.63) is 69.3 Å². The second kappa shape index (κ2) is 12.7. The van der Waals surface area contributed by atoms with Gasteiger partial charge in [-0.25, -0.2) is 4.79 Å². The molecule has 3 atom stereocenters. The molecule has 0 aliphatic carbocycles. The van der Waals surface area contributed by atoms with Crippen LogP contribution >= 0.6 is 22.6 Å². The number of carbonyl (C=O) groups is 4. The lowest BCUT2D eigenvalue weighted by Crippen LogP contribution is -2.57. The van der Waals surface area contributed by atoms with Gasteiger partial charge in [-0.15, -0.1) is 0 Å². The van der Waals surface area contributed by atoms with Crippen LogP contribution in [0, 0.1) is 8.99 Å². The average molecular weight is 593 g/mol. The number of esters is 1. The fourth-order valence-corrected chi connectivity index (χ4v) is 3.55. The molecule has 0 saturated carbocycles. The fourth-order valence-electron chi connectivity index (χ4n) is 3.19. The molecule has 0 aliphatic heterocycles. The zero-order valence-electron chi connectivity index (χ0n) is 20.6. The Bertz CT molecular complexity index is 1040. The standard InChI is InChI=1S/C26H32IN3O5/c1-16(28-23(32)19-11-13-20(27)14-12-19)22(31)29-17(2)26(3,4)25(34)30-21(24(33)35-5)15-18-9-7-6-8-10-18/h6-14,16-17,21H,15H2,1-5H3,(H,28,32)(H,29,31)(H,30,34)/t16-,17-,21-/m0/s1. The second-order valence-electron chi connectivity index (χ2n) is 8.89. The lowest BCUT2D eigenvalue weighted by atomic mass is 9.83. The Labute approximate surface area is 219 Å². The number of rotatable bonds is 10. The van der Waals surface area contributed by atoms with Gasteiger partial charge in [0.1, 0.15) is 12.1 Å². The molecule has 0 fully saturated rings. The van der Waals surface area contributed by atoms with Crippen LogP contribution in [-0.4, -0.2) is 48.9 Å². The van der Waals surface area contributed by atoms with Gasteiger partial charge in [0.2, 0.25) is 11.8 Å². The highest BCUT2D eigenvalue weighted by Gasteiger charge is 2.38. The Kier molecular flexibility index (Phi) is 10.2. The van der Waals surface area contributed by atoms with Crippen LogP contribution in [0.5, 0.6) is 0 Å². The lowest BCUT2D eigenvalue weighted by molar-refractivity contribution is -0.146. The molecule has 2 aromatic carbocycles. The third-order valence-electron chi connectivity index (χ3n) is 5.95. The maximum absolute atomic E-state index is 13.1. The summed E-state index contributed by atoms with van der Waals surface area (Å²) in [5.41, 5.74) is 0.267. The van der Waals surface area contributed by atoms with Gasteiger partial charge >= 0.3 is 5.97 Å². The third kappa shape index (κ3) is 8.05. The first-order valence-corrected chi connectivity index (χ1v) is 12.3. The molecule has 0 saturated heterocycles. The largest absolute Gasteiger partial charge is 0.467 e. The van der Waals surface area contributed by atoms with Crippen LogP contribution < -0.4 is 16.0 Å². The number of halogens is 1. The molecular weight excluding hydrogens is 561 g/mol. The van der Waals surface area contributed by atoms with Crippen molar-refractivity contribution in [3.8, 4) is 0 Å². The van der Waals surface area contributed by atoms with Gasteiger partial charge < -0.3 is 20.7 Å². The Morgan fingerprint density at radius 2 is 1.51 bits per heavy atom. The zero-order chi connectivity index (χ0) is 26.2. The van der Waals surface area contributed by atoms with E-state index in [1.54, 1.807) is 39.8 Å². The van der Waals surface area contributed by atoms with Crippen LogP contribution in [0.4, 0.5) is 0 Å². The Hall–Kier alpha value is -2.95. The van der Waals surface area contributed by atoms with E-state index >= 15 is 0 Å². The van der Waals surface area contributed by atoms with Gasteiger partial charge in [0.15, 0.2) is 0 Å². The minimum absolute atomic E-state index is 0.275. The van der Waals surface area contributed by atoms with Crippen molar-refractivity contribution < 1.29 is 23.9 Å². The van der Waals surface area contributed by atoms with Crippen molar-refractivity contribution in [2.24, 2.45) is 5.41 Å². The second-order valence-corrected chi connectivity index (χ2v) is 10.1. The van der Waals surface area contributed by atoms with Gasteiger partial charge in [-0.05, 0) is 80.1 Å². The van der Waals surface area contributed by atoms with Crippen LogP contribution in [0.15, 0.2) is 54.6 Å². The normalized spacial score (nSPS) is 13.7. The summed E-state index contributed by atoms with van der Waals surface area (Å²) >= 11 is 2.15. The molecule has 0 heterocycles. The molecule has 0 radical (unpaired) electrons. The zero-order valence-corrected chi connectivity index (χ0v) is 22.7. The van der Waals surface area contributed by atoms with Crippen LogP contribution in [-0.2, 0) is 25.5 Å². The SMILES string of the molecule is COC(=O)[C@H](Cc1ccccc1)NC(=O)C(C)(C)[C@H](C)NC(=O)[C@H](C)NC(=O)c1ccc(I)cc1. The quantitative estimate of drug-likeness (QED) is 0.290. The first kappa shape index (κ1) is 28.3. The van der Waals surface area contributed by atoms with E-state index in [0.29, 0.717) is 5.56 Å². The highest BCUT2D eigenvalue weighted by atomic mass is 127. The molecule has 2 rings (SSSR count). The number of ether oxygens (including phenoxy) is 1. The predicted molar refractivity (Wildman–Crippen MR) is 142 cm³/mol. The number of methoxy groups -OCH3 is 1. The first-order chi connectivity index (χ1) is 16.4. The Balaban J connectivity index is 2.00. The fraction of sp³-hybridized carbons (Fsp3) is 0.385. The number of nitrogens with one attached hydrogen (secondary N) is 3. The van der Waals surface area contributed by atoms with Crippen LogP contribution in [0.3, 0.4) is 0 Å². The molecule has 3 N–H and O–H groups in total. The maximum Gasteiger partial charge on any atom is 0.328 e. The predicted octanol–water partition coefficient (Wildman–Crippen LogP) is 2.84. The minimum atomic E-state index is -1.06. The van der Waals surface area contributed by atoms with Crippen molar-refractivity contribution in [3.63, 3.8) is 0 Å². The number of hydrogen-bond acceptors (Lipinski definition) is 5. The van der Waals surface area contributed by atoms with Gasteiger partial charge in [-0.3, -0.25) is 14.4 Å². The molecule has 8 nitrogen and oxygen atoms in total. The average Bonchev–Trinajstić information content (AvgIpc) is 2.83. The van der Waals surface area contributed by atoms with Crippen molar-refractivity contribution in [1.82, 2.24) is 16.0 Å². The highest BCUT2D eigenvalue weighted by molar-refractivity contribution is 14.1. The summed E-state index contributed by atoms with van der Waals surface area (Å²) in [6.07, 6.45) is 0.275. The van der Waals surface area contributed by atoms with Gasteiger partial charge in [0, 0.05) is 21.6 Å². The van der Waals surface area contributed by atoms with Crippen molar-refractivity contribution >= 4 is 46.3 Å². The molecule has 0 spiro atoms. The maximum atomic E-state index is 13.1. The molecule has 2 aromatic rings. The van der Waals surface area contributed by atoms with Crippen LogP contribution in [0.25, 0.3) is 0 Å². The molecule has 0 aromatic heterocycles. The number of carbonyl (C=O) groups excluding carboxylic acids is 4. The smallest absolute Gasteiger partial charge is 0.328 e. The third-order valence-corrected chi connectivity index (χ3v) is 6.67. The van der Waals surface area contributed by atoms with E-state index in [9.17, 15) is 19.2 Å². The number of benzene rings is 2. The van der Waals surface area contributed by atoms with E-state index < -0.39 is 41.3 Å². The van der Waals surface area contributed by atoms with Gasteiger partial charge in [0.25, 0.3) is 5.91 Å². The van der Waals surface area contributed by atoms with Crippen LogP contribution in [0.2, 0.25) is 0 Å². The molecule has 0 bridgehead atoms. The first-order valence-electron chi connectivity index (χ1n) is 11.2. The van der Waals surface area contributed by atoms with Crippen molar-refractivity contribution in [2.75, 3.05) is 7.11 Å². The summed E-state index contributed by atoms with van der Waals surface area (Å²) in [6.45, 7) is 6.64. The van der Waals surface area contributed by atoms with E-state index in [2.05, 4.69) is 38.5 Å². The molecule has 0 aliphatic rings. The van der Waals surface area contributed by atoms with E-state index in [4.69, 9.17) is 4.74 Å². The van der Waals surface area contributed by atoms with Crippen molar-refractivity contribution in [1.29, 1.82) is 0 Å². The number of amides is 3. The van der Waals surface area contributed by atoms with Gasteiger partial charge in [0.05, 0.1) is 12.5 Å². The summed E-state index contributed by atoms with van der Waals surface area (Å²) < 4.78 is 5.87. The molecule has 3 amide bonds. The molecule has 35 heavy (non-hydrogen) atoms. The summed E-state index contributed by atoms with van der Waals surface area (Å²) in [4.78, 5) is 50.6. The van der Waals surface area contributed by atoms with E-state index in [-0.39, 0.29) is 12.3 Å². The Morgan fingerprint density at radius 1 is 0.914 bits per heavy atom. The summed E-state index contributed by atoms with van der Waals surface area (Å²) in [6, 6.07) is 14.0. The van der Waals surface area contributed by atoms with Gasteiger partial charge in [-0.2, -0.15) is 0 Å². The van der Waals surface area contributed by atoms with Crippen LogP contribution in [0.1, 0.15) is 43.6 Å². The summed E-state index contributed by atoms with van der Waals surface area (Å²) in [5.74, 6) is -1.75. The lowest BCUT2D eigenvalue weighted by Gasteiger charge is -2.33. The summed E-state index contributed by atoms with van der Waals surface area (Å²) in [5, 5.41) is 8.23. The molecule has 0 unspecified atom stereocenters. The minimum Gasteiger partial charge on any atom is -0.467 e. The highest BCUT2D eigenvalue weighted by Crippen LogP contribution is 2.22.